The summed E-state index contributed by atoms with van der Waals surface area (Å²) in [6.45, 7) is 4.67. The smallest absolute Gasteiger partial charge is 0.330 e. The van der Waals surface area contributed by atoms with Crippen molar-refractivity contribution >= 4 is 39.8 Å². The molecule has 9 nitrogen and oxygen atoms in total. The summed E-state index contributed by atoms with van der Waals surface area (Å²) in [6.07, 6.45) is 2.16. The Bertz CT molecular complexity index is 1370. The molecule has 2 amide bonds. The third-order valence-electron chi connectivity index (χ3n) is 6.46. The third-order valence-corrected chi connectivity index (χ3v) is 6.46. The first-order chi connectivity index (χ1) is 16.9. The van der Waals surface area contributed by atoms with Crippen LogP contribution in [0.5, 0.6) is 0 Å². The molecule has 2 aromatic carbocycles. The fourth-order valence-corrected chi connectivity index (χ4v) is 4.70. The van der Waals surface area contributed by atoms with E-state index in [2.05, 4.69) is 4.98 Å². The zero-order valence-corrected chi connectivity index (χ0v) is 20.1. The maximum atomic E-state index is 13.7. The van der Waals surface area contributed by atoms with Gasteiger partial charge in [-0.15, -0.1) is 0 Å². The van der Waals surface area contributed by atoms with Crippen molar-refractivity contribution in [2.75, 3.05) is 28.6 Å². The Labute approximate surface area is 203 Å². The number of aromatic nitrogens is 2. The zero-order chi connectivity index (χ0) is 25.1. The van der Waals surface area contributed by atoms with E-state index in [9.17, 15) is 19.2 Å². The van der Waals surface area contributed by atoms with Crippen LogP contribution in [0.1, 0.15) is 39.5 Å². The van der Waals surface area contributed by atoms with E-state index >= 15 is 0 Å². The minimum absolute atomic E-state index is 0.0239. The molecule has 3 N–H and O–H groups in total. The van der Waals surface area contributed by atoms with Crippen LogP contribution in [0.2, 0.25) is 0 Å². The number of hydrogen-bond donors (Lipinski definition) is 2. The molecule has 0 radical (unpaired) electrons. The first-order valence-corrected chi connectivity index (χ1v) is 12.1. The van der Waals surface area contributed by atoms with Crippen LogP contribution in [0, 0.1) is 5.92 Å². The zero-order valence-electron chi connectivity index (χ0n) is 20.1. The first-order valence-electron chi connectivity index (χ1n) is 12.1. The molecule has 1 aliphatic rings. The van der Waals surface area contributed by atoms with Gasteiger partial charge in [-0.1, -0.05) is 56.7 Å². The van der Waals surface area contributed by atoms with Crippen LogP contribution in [0.25, 0.3) is 10.8 Å². The average Bonchev–Trinajstić information content (AvgIpc) is 3.23. The van der Waals surface area contributed by atoms with Gasteiger partial charge in [0.05, 0.1) is 11.6 Å². The van der Waals surface area contributed by atoms with Crippen molar-refractivity contribution in [1.29, 1.82) is 0 Å². The van der Waals surface area contributed by atoms with Gasteiger partial charge >= 0.3 is 5.69 Å². The molecule has 9 heteroatoms. The average molecular weight is 478 g/mol. The molecule has 184 valence electrons. The fraction of sp³-hybridized carbons (Fsp3) is 0.385. The molecule has 1 saturated heterocycles. The number of nitrogen functional groups attached to an aromatic ring is 1. The fourth-order valence-electron chi connectivity index (χ4n) is 4.70. The number of H-pyrrole nitrogens is 1. The minimum Gasteiger partial charge on any atom is -0.383 e. The topological polar surface area (TPSA) is 121 Å². The van der Waals surface area contributed by atoms with Gasteiger partial charge in [-0.2, -0.15) is 0 Å². The highest BCUT2D eigenvalue weighted by Gasteiger charge is 2.39. The van der Waals surface area contributed by atoms with Gasteiger partial charge in [0.2, 0.25) is 11.8 Å². The second kappa shape index (κ2) is 10.2. The number of nitrogens with two attached hydrogens (primary N) is 1. The maximum absolute atomic E-state index is 13.7. The molecule has 1 unspecified atom stereocenters. The van der Waals surface area contributed by atoms with E-state index in [-0.39, 0.29) is 42.8 Å². The monoisotopic (exact) mass is 477 g/mol. The van der Waals surface area contributed by atoms with Crippen molar-refractivity contribution in [3.05, 3.63) is 63.3 Å². The Morgan fingerprint density at radius 1 is 1.09 bits per heavy atom. The molecule has 1 fully saturated rings. The summed E-state index contributed by atoms with van der Waals surface area (Å²) in [6, 6.07) is 13.5. The number of anilines is 3. The molecule has 0 bridgehead atoms. The van der Waals surface area contributed by atoms with Crippen molar-refractivity contribution in [3.8, 4) is 0 Å². The number of nitrogens with zero attached hydrogens (tertiary/aromatic N) is 3. The van der Waals surface area contributed by atoms with E-state index in [0.29, 0.717) is 19.4 Å². The Morgan fingerprint density at radius 2 is 1.83 bits per heavy atom. The highest BCUT2D eigenvalue weighted by atomic mass is 16.2. The van der Waals surface area contributed by atoms with Crippen LogP contribution in [0.15, 0.2) is 52.1 Å². The van der Waals surface area contributed by atoms with E-state index in [0.717, 1.165) is 22.9 Å². The number of amides is 2. The molecule has 0 spiro atoms. The number of unbranched alkanes of at least 4 members (excludes halogenated alkanes) is 1. The normalized spacial score (nSPS) is 15.7. The molecule has 1 atom stereocenters. The lowest BCUT2D eigenvalue weighted by molar-refractivity contribution is -0.124. The number of benzene rings is 2. The molecular formula is C26H31N5O4. The van der Waals surface area contributed by atoms with Gasteiger partial charge in [0.25, 0.3) is 5.56 Å². The van der Waals surface area contributed by atoms with Crippen LogP contribution in [-0.4, -0.2) is 34.5 Å². The van der Waals surface area contributed by atoms with Crippen molar-refractivity contribution in [1.82, 2.24) is 9.55 Å². The second-order valence-corrected chi connectivity index (χ2v) is 8.89. The number of carbonyl (C=O) groups is 2. The maximum Gasteiger partial charge on any atom is 0.330 e. The number of rotatable bonds is 8. The summed E-state index contributed by atoms with van der Waals surface area (Å²) < 4.78 is 1.30. The first kappa shape index (κ1) is 24.3. The number of aromatic amines is 1. The SMILES string of the molecule is CCCCn1c(N)c(N(CCC)C(=O)C2CC(=O)N(c3cccc4ccccc34)C2)c(=O)[nH]c1=O. The lowest BCUT2D eigenvalue weighted by Gasteiger charge is -2.26. The largest absolute Gasteiger partial charge is 0.383 e. The summed E-state index contributed by atoms with van der Waals surface area (Å²) in [5, 5.41) is 1.94. The molecule has 2 heterocycles. The van der Waals surface area contributed by atoms with Crippen LogP contribution in [0.3, 0.4) is 0 Å². The summed E-state index contributed by atoms with van der Waals surface area (Å²) >= 11 is 0. The van der Waals surface area contributed by atoms with E-state index in [1.54, 1.807) is 4.90 Å². The molecule has 35 heavy (non-hydrogen) atoms. The van der Waals surface area contributed by atoms with Gasteiger partial charge in [-0.3, -0.25) is 23.9 Å². The van der Waals surface area contributed by atoms with E-state index in [1.807, 2.05) is 56.3 Å². The summed E-state index contributed by atoms with van der Waals surface area (Å²) in [5.74, 6) is -1.15. The second-order valence-electron chi connectivity index (χ2n) is 8.89. The predicted octanol–water partition coefficient (Wildman–Crippen LogP) is 2.87. The standard InChI is InChI=1S/C26H31N5O4/c1-3-5-14-30-23(27)22(24(33)28-26(30)35)29(13-4-2)25(34)18-15-21(32)31(16-18)20-12-8-10-17-9-6-7-11-19(17)20/h6-12,18H,3-5,13-16,27H2,1-2H3,(H,28,33,35). The molecule has 4 rings (SSSR count). The predicted molar refractivity (Wildman–Crippen MR) is 138 cm³/mol. The molecule has 0 aliphatic carbocycles. The Balaban J connectivity index is 1.68. The van der Waals surface area contributed by atoms with Crippen LogP contribution >= 0.6 is 0 Å². The van der Waals surface area contributed by atoms with Crippen LogP contribution < -0.4 is 26.8 Å². The molecular weight excluding hydrogens is 446 g/mol. The molecule has 0 saturated carbocycles. The van der Waals surface area contributed by atoms with E-state index < -0.39 is 17.2 Å². The van der Waals surface area contributed by atoms with E-state index in [4.69, 9.17) is 5.73 Å². The summed E-state index contributed by atoms with van der Waals surface area (Å²) in [4.78, 5) is 57.2. The van der Waals surface area contributed by atoms with Crippen molar-refractivity contribution in [2.45, 2.75) is 46.1 Å². The number of carbonyl (C=O) groups excluding carboxylic acids is 2. The molecule has 3 aromatic rings. The lowest BCUT2D eigenvalue weighted by Crippen LogP contribution is -2.44. The van der Waals surface area contributed by atoms with Crippen molar-refractivity contribution < 1.29 is 9.59 Å². The van der Waals surface area contributed by atoms with Gasteiger partial charge < -0.3 is 15.5 Å². The Kier molecular flexibility index (Phi) is 7.04. The number of nitrogens with one attached hydrogen (secondary N) is 1. The van der Waals surface area contributed by atoms with Gasteiger partial charge in [0.15, 0.2) is 5.69 Å². The van der Waals surface area contributed by atoms with Gasteiger partial charge in [-0.05, 0) is 24.3 Å². The minimum atomic E-state index is -0.697. The highest BCUT2D eigenvalue weighted by Crippen LogP contribution is 2.33. The summed E-state index contributed by atoms with van der Waals surface area (Å²) in [7, 11) is 0. The number of hydrogen-bond acceptors (Lipinski definition) is 5. The van der Waals surface area contributed by atoms with Crippen LogP contribution in [-0.2, 0) is 16.1 Å². The van der Waals surface area contributed by atoms with Gasteiger partial charge in [-0.25, -0.2) is 4.79 Å². The Hall–Kier alpha value is -3.88. The molecule has 1 aromatic heterocycles. The van der Waals surface area contributed by atoms with Gasteiger partial charge in [0.1, 0.15) is 5.82 Å². The van der Waals surface area contributed by atoms with Gasteiger partial charge in [0, 0.05) is 31.4 Å². The third kappa shape index (κ3) is 4.58. The lowest BCUT2D eigenvalue weighted by atomic mass is 10.1. The highest BCUT2D eigenvalue weighted by molar-refractivity contribution is 6.09. The Morgan fingerprint density at radius 3 is 2.57 bits per heavy atom. The van der Waals surface area contributed by atoms with E-state index in [1.165, 1.54) is 9.47 Å². The van der Waals surface area contributed by atoms with Crippen molar-refractivity contribution in [3.63, 3.8) is 0 Å². The number of fused-ring (bicyclic) bond motifs is 1. The van der Waals surface area contributed by atoms with Crippen molar-refractivity contribution in [2.24, 2.45) is 5.92 Å². The summed E-state index contributed by atoms with van der Waals surface area (Å²) in [5.41, 5.74) is 5.72. The quantitative estimate of drug-likeness (QED) is 0.517. The molecule has 1 aliphatic heterocycles. The van der Waals surface area contributed by atoms with Crippen LogP contribution in [0.4, 0.5) is 17.2 Å².